The van der Waals surface area contributed by atoms with Gasteiger partial charge in [0.1, 0.15) is 0 Å². The molecule has 0 heterocycles. The summed E-state index contributed by atoms with van der Waals surface area (Å²) in [6.45, 7) is 20.1. The molecule has 22 heavy (non-hydrogen) atoms. The zero-order valence-corrected chi connectivity index (χ0v) is 22.1. The summed E-state index contributed by atoms with van der Waals surface area (Å²) in [7, 11) is -2.90. The standard InChI is InChI=1S/C15H30BSi2.3CH3.Sn/c1-9-15(16(10-2)11-3)14-18(7,8)13-12-17(4,5)6;;;;/h9-11H2,1-8H3;3*1H3;. The average molecular weight is 441 g/mol. The first-order valence-corrected chi connectivity index (χ1v) is 25.6. The molecule has 0 unspecified atom stereocenters. The number of rotatable bonds is 6. The van der Waals surface area contributed by atoms with E-state index in [1.807, 2.05) is 8.68 Å². The molecule has 0 bridgehead atoms. The van der Waals surface area contributed by atoms with Crippen molar-refractivity contribution in [3.63, 3.8) is 0 Å². The van der Waals surface area contributed by atoms with E-state index in [4.69, 9.17) is 0 Å². The van der Waals surface area contributed by atoms with Crippen LogP contribution in [0.1, 0.15) is 27.2 Å². The normalized spacial score (nSPS) is 14.1. The molecule has 0 aliphatic carbocycles. The molecule has 0 spiro atoms. The van der Waals surface area contributed by atoms with Crippen molar-refractivity contribution in [2.45, 2.75) is 87.4 Å². The molecule has 0 aromatic heterocycles. The van der Waals surface area contributed by atoms with Gasteiger partial charge in [0, 0.05) is 0 Å². The Labute approximate surface area is 147 Å². The molecule has 0 N–H and O–H groups in total. The van der Waals surface area contributed by atoms with Gasteiger partial charge in [0.05, 0.1) is 0 Å². The van der Waals surface area contributed by atoms with Crippen LogP contribution in [-0.4, -0.2) is 41.2 Å². The second-order valence-electron chi connectivity index (χ2n) is 9.14. The maximum atomic E-state index is 3.87. The summed E-state index contributed by atoms with van der Waals surface area (Å²) < 4.78 is 1.93. The minimum absolute atomic E-state index is 0.788. The van der Waals surface area contributed by atoms with Crippen LogP contribution in [0.25, 0.3) is 0 Å². The van der Waals surface area contributed by atoms with Gasteiger partial charge in [-0.1, -0.05) is 0 Å². The Bertz CT molecular complexity index is 452. The topological polar surface area (TPSA) is 0 Å². The Morgan fingerprint density at radius 1 is 0.864 bits per heavy atom. The molecule has 0 aromatic rings. The summed E-state index contributed by atoms with van der Waals surface area (Å²) in [6.07, 6.45) is 3.81. The fourth-order valence-corrected chi connectivity index (χ4v) is 30.0. The molecule has 0 radical (unpaired) electrons. The minimum atomic E-state index is -2.15. The molecule has 0 saturated carbocycles. The number of allylic oxidation sites excluding steroid dienone is 1. The van der Waals surface area contributed by atoms with Gasteiger partial charge >= 0.3 is 148 Å². The molecule has 0 saturated heterocycles. The van der Waals surface area contributed by atoms with Crippen LogP contribution in [0.15, 0.2) is 8.68 Å². The molecular weight excluding hydrogens is 402 g/mol. The van der Waals surface area contributed by atoms with E-state index in [1.165, 1.54) is 19.1 Å². The number of hydrogen-bond acceptors (Lipinski definition) is 0. The SMILES string of the molecule is CCB(CC)/C(CC)=[C](/[Si](C)(C)C#C[Si](C)(C)C)[Sn]([CH3])([CH3])[CH3]. The fourth-order valence-electron chi connectivity index (χ4n) is 3.68. The first kappa shape index (κ1) is 22.6. The second kappa shape index (κ2) is 8.62. The van der Waals surface area contributed by atoms with E-state index in [0.29, 0.717) is 0 Å². The van der Waals surface area contributed by atoms with Gasteiger partial charge in [-0.05, 0) is 0 Å². The Morgan fingerprint density at radius 2 is 1.32 bits per heavy atom. The number of hydrogen-bond donors (Lipinski definition) is 0. The Hall–Kier alpha value is 0.597. The predicted molar refractivity (Wildman–Crippen MR) is 116 cm³/mol. The Balaban J connectivity index is 6.28. The molecule has 0 amide bonds. The molecule has 0 rings (SSSR count). The van der Waals surface area contributed by atoms with Gasteiger partial charge in [-0.2, -0.15) is 0 Å². The van der Waals surface area contributed by atoms with Crippen LogP contribution in [0.5, 0.6) is 0 Å². The van der Waals surface area contributed by atoms with E-state index in [1.54, 1.807) is 0 Å². The summed E-state index contributed by atoms with van der Waals surface area (Å²) in [5, 5.41) is 0. The van der Waals surface area contributed by atoms with Crippen molar-refractivity contribution in [1.82, 2.24) is 0 Å². The van der Waals surface area contributed by atoms with Crippen molar-refractivity contribution in [2.75, 3.05) is 0 Å². The van der Waals surface area contributed by atoms with Crippen LogP contribution >= 0.6 is 0 Å². The van der Waals surface area contributed by atoms with E-state index in [2.05, 4.69) is 79.4 Å². The summed E-state index contributed by atoms with van der Waals surface area (Å²) >= 11 is -2.15. The Morgan fingerprint density at radius 3 is 1.59 bits per heavy atom. The fraction of sp³-hybridized carbons (Fsp3) is 0.778. The van der Waals surface area contributed by atoms with E-state index < -0.39 is 34.5 Å². The van der Waals surface area contributed by atoms with Crippen LogP contribution in [0.2, 0.25) is 60.2 Å². The summed E-state index contributed by atoms with van der Waals surface area (Å²) in [5.74, 6) is 0. The summed E-state index contributed by atoms with van der Waals surface area (Å²) in [4.78, 5) is 7.81. The molecule has 0 aliphatic heterocycles. The summed E-state index contributed by atoms with van der Waals surface area (Å²) in [6, 6.07) is 0. The second-order valence-corrected chi connectivity index (χ2v) is 33.6. The molecule has 0 fully saturated rings. The third kappa shape index (κ3) is 7.01. The molecular formula is C18H39BSi2Sn. The van der Waals surface area contributed by atoms with Gasteiger partial charge in [-0.3, -0.25) is 0 Å². The molecule has 0 aliphatic rings. The third-order valence-corrected chi connectivity index (χ3v) is 23.3. The van der Waals surface area contributed by atoms with Crippen molar-refractivity contribution in [3.8, 4) is 11.1 Å². The molecule has 4 heteroatoms. The van der Waals surface area contributed by atoms with Crippen LogP contribution in [-0.2, 0) is 0 Å². The van der Waals surface area contributed by atoms with Crippen molar-refractivity contribution in [2.24, 2.45) is 0 Å². The summed E-state index contributed by atoms with van der Waals surface area (Å²) in [5.41, 5.74) is 9.40. The van der Waals surface area contributed by atoms with Crippen LogP contribution in [0.3, 0.4) is 0 Å². The zero-order valence-electron chi connectivity index (χ0n) is 17.2. The van der Waals surface area contributed by atoms with Gasteiger partial charge in [0.2, 0.25) is 0 Å². The first-order chi connectivity index (χ1) is 9.80. The van der Waals surface area contributed by atoms with Crippen molar-refractivity contribution >= 4 is 41.2 Å². The quantitative estimate of drug-likeness (QED) is 0.335. The van der Waals surface area contributed by atoms with Crippen molar-refractivity contribution in [1.29, 1.82) is 0 Å². The van der Waals surface area contributed by atoms with Gasteiger partial charge in [0.15, 0.2) is 0 Å². The predicted octanol–water partition coefficient (Wildman–Crippen LogP) is 6.31. The molecule has 126 valence electrons. The molecule has 0 nitrogen and oxygen atoms in total. The van der Waals surface area contributed by atoms with Gasteiger partial charge in [0.25, 0.3) is 0 Å². The van der Waals surface area contributed by atoms with Crippen molar-refractivity contribution in [3.05, 3.63) is 8.68 Å². The van der Waals surface area contributed by atoms with Crippen LogP contribution < -0.4 is 0 Å². The zero-order chi connectivity index (χ0) is 17.8. The van der Waals surface area contributed by atoms with Gasteiger partial charge < -0.3 is 0 Å². The van der Waals surface area contributed by atoms with Crippen LogP contribution in [0, 0.1) is 11.1 Å². The third-order valence-electron chi connectivity index (χ3n) is 4.31. The Kier molecular flexibility index (Phi) is 8.86. The van der Waals surface area contributed by atoms with Crippen LogP contribution in [0.4, 0.5) is 0 Å². The first-order valence-electron chi connectivity index (χ1n) is 9.08. The van der Waals surface area contributed by atoms with Gasteiger partial charge in [-0.25, -0.2) is 0 Å². The van der Waals surface area contributed by atoms with E-state index in [9.17, 15) is 0 Å². The molecule has 0 atom stereocenters. The van der Waals surface area contributed by atoms with Crippen molar-refractivity contribution < 1.29 is 0 Å². The van der Waals surface area contributed by atoms with E-state index >= 15 is 0 Å². The monoisotopic (exact) mass is 442 g/mol. The van der Waals surface area contributed by atoms with Gasteiger partial charge in [-0.15, -0.1) is 0 Å². The average Bonchev–Trinajstić information content (AvgIpc) is 2.34. The molecule has 0 aromatic carbocycles. The van der Waals surface area contributed by atoms with E-state index in [0.717, 1.165) is 6.71 Å². The maximum absolute atomic E-state index is 3.87. The van der Waals surface area contributed by atoms with E-state index in [-0.39, 0.29) is 0 Å².